The van der Waals surface area contributed by atoms with Crippen molar-refractivity contribution in [3.63, 3.8) is 0 Å². The van der Waals surface area contributed by atoms with Gasteiger partial charge in [0.1, 0.15) is 35.2 Å². The third-order valence-electron chi connectivity index (χ3n) is 28.1. The van der Waals surface area contributed by atoms with E-state index < -0.39 is 13.7 Å². The maximum atomic E-state index is 7.83. The van der Waals surface area contributed by atoms with Crippen molar-refractivity contribution < 1.29 is 31.1 Å². The van der Waals surface area contributed by atoms with Gasteiger partial charge in [-0.05, 0) is 246 Å². The van der Waals surface area contributed by atoms with Gasteiger partial charge in [0.2, 0.25) is 28.5 Å². The van der Waals surface area contributed by atoms with Crippen LogP contribution in [0.3, 0.4) is 0 Å². The lowest BCUT2D eigenvalue weighted by molar-refractivity contribution is -0.666. The number of pyridine rings is 10. The normalized spacial score (nSPS) is 15.2. The van der Waals surface area contributed by atoms with Crippen LogP contribution in [0.25, 0.3) is 112 Å². The Hall–Kier alpha value is -12.4. The Bertz CT molecular complexity index is 7220. The zero-order chi connectivity index (χ0) is 96.2. The molecule has 0 aliphatic heterocycles. The molecule has 0 bridgehead atoms. The maximum Gasteiger partial charge on any atom is 0.213 e. The molecule has 10 heteroatoms. The first-order chi connectivity index (χ1) is 62.4. The van der Waals surface area contributed by atoms with E-state index >= 15 is 0 Å². The number of fused-ring (bicyclic) bond motifs is 15. The van der Waals surface area contributed by atoms with E-state index in [9.17, 15) is 0 Å². The van der Waals surface area contributed by atoms with E-state index in [2.05, 4.69) is 356 Å². The van der Waals surface area contributed by atoms with Crippen LogP contribution in [0, 0.1) is 104 Å². The first-order valence-corrected chi connectivity index (χ1v) is 45.0. The summed E-state index contributed by atoms with van der Waals surface area (Å²) in [5.41, 5.74) is 53.8. The largest absolute Gasteiger partial charge is 0.257 e. The molecule has 127 heavy (non-hydrogen) atoms. The van der Waals surface area contributed by atoms with Gasteiger partial charge >= 0.3 is 0 Å². The highest BCUT2D eigenvalue weighted by Gasteiger charge is 2.47. The molecule has 5 aliphatic rings. The van der Waals surface area contributed by atoms with Crippen LogP contribution in [-0.4, -0.2) is 24.9 Å². The lowest BCUT2D eigenvalue weighted by atomic mass is 9.80. The lowest BCUT2D eigenvalue weighted by Gasteiger charge is -2.24. The molecule has 5 aliphatic carbocycles. The number of rotatable bonds is 6. The van der Waals surface area contributed by atoms with Gasteiger partial charge < -0.3 is 0 Å². The van der Waals surface area contributed by atoms with E-state index in [1.807, 2.05) is 56.1 Å². The van der Waals surface area contributed by atoms with Crippen LogP contribution in [0.5, 0.6) is 0 Å². The number of hydrogen-bond donors (Lipinski definition) is 0. The molecule has 10 nitrogen and oxygen atoms in total. The number of aromatic nitrogens is 10. The van der Waals surface area contributed by atoms with Crippen molar-refractivity contribution >= 4 is 0 Å². The summed E-state index contributed by atoms with van der Waals surface area (Å²) in [5, 5.41) is 0. The molecule has 0 unspecified atom stereocenters. The number of nitrogens with zero attached hydrogens (tertiary/aromatic N) is 10. The molecule has 15 aromatic rings. The van der Waals surface area contributed by atoms with Gasteiger partial charge in [0.25, 0.3) is 0 Å². The molecule has 642 valence electrons. The summed E-state index contributed by atoms with van der Waals surface area (Å²) in [7, 11) is 10.3. The first-order valence-electron chi connectivity index (χ1n) is 48.0. The Morgan fingerprint density at radius 2 is 0.583 bits per heavy atom. The van der Waals surface area contributed by atoms with Crippen molar-refractivity contribution in [1.29, 1.82) is 0 Å². The van der Waals surface area contributed by atoms with Crippen LogP contribution < -0.4 is 22.8 Å². The summed E-state index contributed by atoms with van der Waals surface area (Å²) in [6, 6.07) is 65.1. The average molecular weight is 1680 g/mol. The molecule has 0 atom stereocenters. The van der Waals surface area contributed by atoms with Crippen molar-refractivity contribution in [2.24, 2.45) is 35.2 Å². The zero-order valence-electron chi connectivity index (χ0n) is 86.3. The van der Waals surface area contributed by atoms with Crippen LogP contribution in [0.15, 0.2) is 207 Å². The second-order valence-corrected chi connectivity index (χ2v) is 39.2. The van der Waals surface area contributed by atoms with Gasteiger partial charge in [0.15, 0.2) is 30.5 Å². The summed E-state index contributed by atoms with van der Waals surface area (Å²) >= 11 is 0. The Morgan fingerprint density at radius 3 is 0.921 bits per heavy atom. The smallest absolute Gasteiger partial charge is 0.213 e. The summed E-state index contributed by atoms with van der Waals surface area (Å²) in [6.45, 7) is 48.2. The highest BCUT2D eigenvalue weighted by atomic mass is 15.0. The van der Waals surface area contributed by atoms with Crippen LogP contribution >= 0.6 is 0 Å². The molecule has 0 saturated carbocycles. The predicted octanol–water partition coefficient (Wildman–Crippen LogP) is 24.6. The molecule has 0 saturated heterocycles. The van der Waals surface area contributed by atoms with Crippen molar-refractivity contribution in [1.82, 2.24) is 24.9 Å². The molecular weight excluding hydrogens is 1550 g/mol. The second-order valence-electron chi connectivity index (χ2n) is 39.2. The van der Waals surface area contributed by atoms with E-state index in [1.165, 1.54) is 185 Å². The van der Waals surface area contributed by atoms with Crippen molar-refractivity contribution in [2.45, 2.75) is 213 Å². The number of aryl methyl sites for hydroxylation is 20. The molecule has 5 aromatic carbocycles. The Labute approximate surface area is 764 Å². The van der Waals surface area contributed by atoms with Gasteiger partial charge in [-0.25, -0.2) is 18.3 Å². The van der Waals surface area contributed by atoms with Crippen LogP contribution in [0.2, 0.25) is 0 Å². The third-order valence-corrected chi connectivity index (χ3v) is 28.1. The quantitative estimate of drug-likeness (QED) is 0.155. The second kappa shape index (κ2) is 32.5. The fourth-order valence-electron chi connectivity index (χ4n) is 21.2. The van der Waals surface area contributed by atoms with Gasteiger partial charge in [0.05, 0.1) is 56.3 Å². The topological polar surface area (TPSA) is 83.9 Å². The lowest BCUT2D eigenvalue weighted by Crippen LogP contribution is -2.35. The number of hydrogen-bond acceptors (Lipinski definition) is 5. The van der Waals surface area contributed by atoms with Gasteiger partial charge in [-0.2, -0.15) is 4.57 Å². The molecule has 0 radical (unpaired) electrons. The Kier molecular flexibility index (Phi) is 20.6. The average Bonchev–Trinajstić information content (AvgIpc) is 1.59. The van der Waals surface area contributed by atoms with E-state index in [1.54, 1.807) is 18.5 Å². The fourth-order valence-corrected chi connectivity index (χ4v) is 21.2. The van der Waals surface area contributed by atoms with E-state index in [4.69, 9.17) is 33.1 Å². The number of benzene rings is 5. The summed E-state index contributed by atoms with van der Waals surface area (Å²) in [5.74, 6) is 0. The molecule has 0 spiro atoms. The molecular formula is C117H129N10+5. The fraction of sp³-hybridized carbons (Fsp3) is 0.316. The molecule has 0 fully saturated rings. The molecule has 10 heterocycles. The van der Waals surface area contributed by atoms with Gasteiger partial charge in [0, 0.05) is 158 Å². The van der Waals surface area contributed by atoms with Crippen LogP contribution in [-0.2, 0) is 68.7 Å². The van der Waals surface area contributed by atoms with Gasteiger partial charge in [-0.1, -0.05) is 167 Å². The van der Waals surface area contributed by atoms with Crippen molar-refractivity contribution in [2.75, 3.05) is 0 Å². The SMILES string of the molecule is CCc1cc[n+](C)c(-c2c(C)ccc3c2C(C)(C)c2nc(C)ccc2-3)c1.Cc1cc[n+](C)c(-c2c(C)ccc3c2C(C)(C)c2nc(C)ccc2-3)c1.Cc1ccc2c(n1)C(C)(C)c1c-2ccc(C)c1-c1cccc(C)[n+]1C.[2H]C([2H])([2H])c1c[n+](C)c(-c2c(C)ccc3c2C(C)(C)c2nc(C)ccc2-3)cc1C.[2H]C([2H])([2H])c1ccc(-c2c(C)ccc3c2C(C)(C)c2nc(C)ccc2-3)[n+](C)c1. The highest BCUT2D eigenvalue weighted by Crippen LogP contribution is 2.58. The molecule has 0 N–H and O–H groups in total. The Morgan fingerprint density at radius 1 is 0.268 bits per heavy atom. The standard InChI is InChI=1S/2C24H27N2.3C23H25N2/c1-14-8-10-18-19-11-9-17(4)25-23(19)24(5,6)22(18)21(14)20-12-15(2)16(3)13-26(20)7;1-7-17-12-13-26(6)20(14-17)21-15(2)8-10-18-19-11-9-16(3)25-23(19)24(4,5)22(18)21;1-14-7-12-19(25(6)13-14)20-15(2)8-10-17-18-11-9-16(3)24-22(18)23(4,5)21(17)20;1-14-11-12-25(6)19(13-14)20-15(2)7-9-17-18-10-8-16(3)24-22(18)23(4,5)21(17)20;1-14-10-12-17-18-13-11-15(2)24-22(18)23(4,5)21(17)20(14)19-9-7-8-16(3)25(19)6/h8-13H,1-7H3;8-14H,7H2,1-6H3;3*7-13H,1-6H3/q5*+1/i3D3;;1D3;;. The molecule has 20 rings (SSSR count). The Balaban J connectivity index is 0.000000121. The third kappa shape index (κ3) is 14.9. The summed E-state index contributed by atoms with van der Waals surface area (Å²) in [6.07, 6.45) is 8.87. The minimum atomic E-state index is -2.12. The molecule has 10 aromatic heterocycles. The molecule has 0 amide bonds. The monoisotopic (exact) mass is 1680 g/mol. The van der Waals surface area contributed by atoms with Crippen LogP contribution in [0.1, 0.15) is 230 Å². The summed E-state index contributed by atoms with van der Waals surface area (Å²) in [4.78, 5) is 24.5. The van der Waals surface area contributed by atoms with Crippen LogP contribution in [0.4, 0.5) is 0 Å². The van der Waals surface area contributed by atoms with Crippen molar-refractivity contribution in [3.05, 3.63) is 353 Å². The van der Waals surface area contributed by atoms with Gasteiger partial charge in [-0.15, -0.1) is 0 Å². The van der Waals surface area contributed by atoms with E-state index in [-0.39, 0.29) is 27.1 Å². The summed E-state index contributed by atoms with van der Waals surface area (Å²) < 4.78 is 57.2. The minimum absolute atomic E-state index is 0.102. The van der Waals surface area contributed by atoms with E-state index in [0.29, 0.717) is 11.1 Å². The highest BCUT2D eigenvalue weighted by molar-refractivity contribution is 5.93. The van der Waals surface area contributed by atoms with Crippen molar-refractivity contribution in [3.8, 4) is 112 Å². The minimum Gasteiger partial charge on any atom is -0.257 e. The van der Waals surface area contributed by atoms with E-state index in [0.717, 1.165) is 68.8 Å². The first kappa shape index (κ1) is 80.4. The predicted molar refractivity (Wildman–Crippen MR) is 522 cm³/mol. The van der Waals surface area contributed by atoms with Gasteiger partial charge in [-0.3, -0.25) is 24.9 Å². The maximum absolute atomic E-state index is 7.83. The zero-order valence-corrected chi connectivity index (χ0v) is 80.3.